The van der Waals surface area contributed by atoms with Crippen molar-refractivity contribution in [3.63, 3.8) is 0 Å². The maximum Gasteiger partial charge on any atom is 0.254 e. The van der Waals surface area contributed by atoms with Crippen molar-refractivity contribution >= 4 is 21.8 Å². The molecule has 1 aliphatic rings. The van der Waals surface area contributed by atoms with Crippen LogP contribution in [0.15, 0.2) is 22.7 Å². The summed E-state index contributed by atoms with van der Waals surface area (Å²) < 4.78 is 0.964. The lowest BCUT2D eigenvalue weighted by atomic mass is 10.1. The van der Waals surface area contributed by atoms with Crippen molar-refractivity contribution in [2.75, 3.05) is 19.6 Å². The lowest BCUT2D eigenvalue weighted by Gasteiger charge is -2.26. The van der Waals surface area contributed by atoms with Gasteiger partial charge in [-0.2, -0.15) is 0 Å². The molecule has 116 valence electrons. The first-order chi connectivity index (χ1) is 10.1. The van der Waals surface area contributed by atoms with E-state index in [4.69, 9.17) is 0 Å². The number of nitrogens with zero attached hydrogens (tertiary/aromatic N) is 1. The molecule has 1 atom stereocenters. The zero-order valence-corrected chi connectivity index (χ0v) is 14.6. The Morgan fingerprint density at radius 1 is 1.48 bits per heavy atom. The zero-order valence-electron chi connectivity index (χ0n) is 13.0. The molecule has 1 unspecified atom stereocenters. The summed E-state index contributed by atoms with van der Waals surface area (Å²) in [6.45, 7) is 6.92. The number of carbonyl (C=O) groups is 1. The van der Waals surface area contributed by atoms with Gasteiger partial charge in [0.15, 0.2) is 0 Å². The number of nitrogens with one attached hydrogen (secondary N) is 1. The zero-order chi connectivity index (χ0) is 15.2. The number of amides is 1. The molecule has 2 rings (SSSR count). The molecule has 0 aliphatic carbocycles. The first-order valence-corrected chi connectivity index (χ1v) is 8.70. The molecule has 1 N–H and O–H groups in total. The molecule has 0 saturated carbocycles. The van der Waals surface area contributed by atoms with Crippen LogP contribution in [-0.4, -0.2) is 36.5 Å². The van der Waals surface area contributed by atoms with Crippen molar-refractivity contribution in [3.05, 3.63) is 33.8 Å². The third-order valence-electron chi connectivity index (χ3n) is 4.10. The lowest BCUT2D eigenvalue weighted by Crippen LogP contribution is -2.41. The maximum absolute atomic E-state index is 12.9. The maximum atomic E-state index is 12.9. The van der Waals surface area contributed by atoms with Crippen molar-refractivity contribution in [2.24, 2.45) is 0 Å². The predicted molar refractivity (Wildman–Crippen MR) is 90.7 cm³/mol. The van der Waals surface area contributed by atoms with E-state index in [1.165, 1.54) is 12.8 Å². The minimum atomic E-state index is 0.163. The Morgan fingerprint density at radius 3 is 2.95 bits per heavy atom. The van der Waals surface area contributed by atoms with Gasteiger partial charge in [0, 0.05) is 29.2 Å². The highest BCUT2D eigenvalue weighted by Crippen LogP contribution is 2.19. The first-order valence-electron chi connectivity index (χ1n) is 7.90. The molecule has 21 heavy (non-hydrogen) atoms. The summed E-state index contributed by atoms with van der Waals surface area (Å²) in [4.78, 5) is 14.9. The third-order valence-corrected chi connectivity index (χ3v) is 4.60. The Hall–Kier alpha value is -0.870. The van der Waals surface area contributed by atoms with Crippen LogP contribution in [-0.2, 0) is 0 Å². The fraction of sp³-hybridized carbons (Fsp3) is 0.588. The van der Waals surface area contributed by atoms with Crippen LogP contribution in [0.1, 0.15) is 48.5 Å². The summed E-state index contributed by atoms with van der Waals surface area (Å²) in [7, 11) is 0. The molecule has 4 heteroatoms. The number of hydrogen-bond donors (Lipinski definition) is 1. The standard InChI is InChI=1S/C17H25BrN2O/c1-3-4-10-20(12-15-6-5-9-19-15)17(21)16-11-14(18)8-7-13(16)2/h7-8,11,15,19H,3-6,9-10,12H2,1-2H3. The van der Waals surface area contributed by atoms with Gasteiger partial charge in [0.1, 0.15) is 0 Å². The fourth-order valence-corrected chi connectivity index (χ4v) is 3.16. The van der Waals surface area contributed by atoms with Crippen molar-refractivity contribution in [2.45, 2.75) is 45.6 Å². The summed E-state index contributed by atoms with van der Waals surface area (Å²) in [6, 6.07) is 6.39. The van der Waals surface area contributed by atoms with E-state index in [0.29, 0.717) is 6.04 Å². The van der Waals surface area contributed by atoms with E-state index in [-0.39, 0.29) is 5.91 Å². The second-order valence-electron chi connectivity index (χ2n) is 5.86. The summed E-state index contributed by atoms with van der Waals surface area (Å²) in [5.41, 5.74) is 1.86. The van der Waals surface area contributed by atoms with Crippen molar-refractivity contribution in [1.82, 2.24) is 10.2 Å². The van der Waals surface area contributed by atoms with Gasteiger partial charge in [-0.3, -0.25) is 4.79 Å². The highest BCUT2D eigenvalue weighted by atomic mass is 79.9. The van der Waals surface area contributed by atoms with Crippen LogP contribution in [0.25, 0.3) is 0 Å². The largest absolute Gasteiger partial charge is 0.337 e. The highest BCUT2D eigenvalue weighted by molar-refractivity contribution is 9.10. The summed E-state index contributed by atoms with van der Waals surface area (Å²) in [5.74, 6) is 0.163. The molecule has 1 aliphatic heterocycles. The fourth-order valence-electron chi connectivity index (χ4n) is 2.80. The summed E-state index contributed by atoms with van der Waals surface area (Å²) >= 11 is 3.47. The van der Waals surface area contributed by atoms with Gasteiger partial charge >= 0.3 is 0 Å². The monoisotopic (exact) mass is 352 g/mol. The Kier molecular flexibility index (Phi) is 6.24. The Balaban J connectivity index is 2.13. The van der Waals surface area contributed by atoms with Gasteiger partial charge in [-0.05, 0) is 50.4 Å². The van der Waals surface area contributed by atoms with Gasteiger partial charge in [0.05, 0.1) is 0 Å². The molecule has 1 aromatic carbocycles. The topological polar surface area (TPSA) is 32.3 Å². The quantitative estimate of drug-likeness (QED) is 0.845. The molecule has 1 amide bonds. The second kappa shape index (κ2) is 7.95. The third kappa shape index (κ3) is 4.55. The number of halogens is 1. The minimum Gasteiger partial charge on any atom is -0.337 e. The molecular weight excluding hydrogens is 328 g/mol. The molecule has 1 heterocycles. The normalized spacial score (nSPS) is 18.0. The van der Waals surface area contributed by atoms with E-state index >= 15 is 0 Å². The minimum absolute atomic E-state index is 0.163. The molecular formula is C17H25BrN2O. The van der Waals surface area contributed by atoms with Crippen molar-refractivity contribution in [1.29, 1.82) is 0 Å². The smallest absolute Gasteiger partial charge is 0.254 e. The number of carbonyl (C=O) groups excluding carboxylic acids is 1. The lowest BCUT2D eigenvalue weighted by molar-refractivity contribution is 0.0738. The molecule has 0 radical (unpaired) electrons. The Morgan fingerprint density at radius 2 is 2.29 bits per heavy atom. The van der Waals surface area contributed by atoms with Crippen LogP contribution < -0.4 is 5.32 Å². The van der Waals surface area contributed by atoms with Crippen LogP contribution >= 0.6 is 15.9 Å². The molecule has 1 aromatic rings. The van der Waals surface area contributed by atoms with Crippen LogP contribution in [0.4, 0.5) is 0 Å². The summed E-state index contributed by atoms with van der Waals surface area (Å²) in [6.07, 6.45) is 4.56. The SMILES string of the molecule is CCCCN(CC1CCCN1)C(=O)c1cc(Br)ccc1C. The van der Waals surface area contributed by atoms with Gasteiger partial charge in [-0.25, -0.2) is 0 Å². The molecule has 1 saturated heterocycles. The van der Waals surface area contributed by atoms with Crippen LogP contribution in [0.5, 0.6) is 0 Å². The van der Waals surface area contributed by atoms with Gasteiger partial charge in [0.25, 0.3) is 5.91 Å². The summed E-state index contributed by atoms with van der Waals surface area (Å²) in [5, 5.41) is 3.49. The van der Waals surface area contributed by atoms with Crippen molar-refractivity contribution in [3.8, 4) is 0 Å². The molecule has 0 bridgehead atoms. The van der Waals surface area contributed by atoms with Crippen molar-refractivity contribution < 1.29 is 4.79 Å². The average Bonchev–Trinajstić information content (AvgIpc) is 2.98. The van der Waals surface area contributed by atoms with Gasteiger partial charge < -0.3 is 10.2 Å². The van der Waals surface area contributed by atoms with E-state index < -0.39 is 0 Å². The van der Waals surface area contributed by atoms with E-state index in [2.05, 4.69) is 28.2 Å². The predicted octanol–water partition coefficient (Wildman–Crippen LogP) is 3.75. The number of hydrogen-bond acceptors (Lipinski definition) is 2. The number of rotatable bonds is 6. The number of benzene rings is 1. The Bertz CT molecular complexity index is 484. The van der Waals surface area contributed by atoms with E-state index in [1.54, 1.807) is 0 Å². The molecule has 0 aromatic heterocycles. The van der Waals surface area contributed by atoms with Crippen LogP contribution in [0.2, 0.25) is 0 Å². The van der Waals surface area contributed by atoms with Gasteiger partial charge in [-0.15, -0.1) is 0 Å². The van der Waals surface area contributed by atoms with Crippen LogP contribution in [0.3, 0.4) is 0 Å². The highest BCUT2D eigenvalue weighted by Gasteiger charge is 2.23. The number of aryl methyl sites for hydroxylation is 1. The molecule has 0 spiro atoms. The average molecular weight is 353 g/mol. The first kappa shape index (κ1) is 16.5. The molecule has 1 fully saturated rings. The number of unbranched alkanes of at least 4 members (excludes halogenated alkanes) is 1. The van der Waals surface area contributed by atoms with Gasteiger partial charge in [0.2, 0.25) is 0 Å². The molecule has 3 nitrogen and oxygen atoms in total. The van der Waals surface area contributed by atoms with Crippen LogP contribution in [0, 0.1) is 6.92 Å². The second-order valence-corrected chi connectivity index (χ2v) is 6.77. The van der Waals surface area contributed by atoms with E-state index in [0.717, 1.165) is 48.1 Å². The van der Waals surface area contributed by atoms with E-state index in [9.17, 15) is 4.79 Å². The van der Waals surface area contributed by atoms with E-state index in [1.807, 2.05) is 30.0 Å². The van der Waals surface area contributed by atoms with Gasteiger partial charge in [-0.1, -0.05) is 35.3 Å². The Labute approximate surface area is 136 Å².